The normalized spacial score (nSPS) is 27.1. The second kappa shape index (κ2) is 4.96. The van der Waals surface area contributed by atoms with Crippen molar-refractivity contribution in [3.63, 3.8) is 0 Å². The molecule has 0 saturated carbocycles. The molecule has 0 radical (unpaired) electrons. The molecule has 3 N–H and O–H groups in total. The van der Waals surface area contributed by atoms with Crippen LogP contribution in [0.15, 0.2) is 24.3 Å². The minimum atomic E-state index is -1.03. The average molecular weight is 270 g/mol. The van der Waals surface area contributed by atoms with Gasteiger partial charge in [0.05, 0.1) is 5.92 Å². The predicted octanol–water partition coefficient (Wildman–Crippen LogP) is 1.53. The summed E-state index contributed by atoms with van der Waals surface area (Å²) in [7, 11) is 0. The molecule has 1 fully saturated rings. The van der Waals surface area contributed by atoms with Crippen molar-refractivity contribution in [2.45, 2.75) is 18.5 Å². The summed E-state index contributed by atoms with van der Waals surface area (Å²) in [6.45, 7) is 0. The maximum atomic E-state index is 11.2. The number of hydrogen-bond acceptors (Lipinski definition) is 3. The van der Waals surface area contributed by atoms with E-state index in [9.17, 15) is 9.59 Å². The van der Waals surface area contributed by atoms with Gasteiger partial charge in [0.15, 0.2) is 0 Å². The van der Waals surface area contributed by atoms with Crippen LogP contribution in [0.25, 0.3) is 0 Å². The number of carboxylic acids is 2. The van der Waals surface area contributed by atoms with Gasteiger partial charge in [-0.2, -0.15) is 0 Å². The van der Waals surface area contributed by atoms with Crippen LogP contribution in [0.4, 0.5) is 0 Å². The summed E-state index contributed by atoms with van der Waals surface area (Å²) < 4.78 is 0. The Morgan fingerprint density at radius 2 is 1.78 bits per heavy atom. The molecule has 1 saturated heterocycles. The van der Waals surface area contributed by atoms with Crippen LogP contribution >= 0.6 is 11.6 Å². The molecule has 1 aromatic rings. The number of halogens is 1. The smallest absolute Gasteiger partial charge is 0.320 e. The van der Waals surface area contributed by atoms with Gasteiger partial charge in [0, 0.05) is 11.1 Å². The number of rotatable bonds is 3. The fraction of sp³-hybridized carbons (Fsp3) is 0.333. The molecule has 1 aliphatic heterocycles. The van der Waals surface area contributed by atoms with E-state index in [-0.39, 0.29) is 6.42 Å². The Labute approximate surface area is 108 Å². The third-order valence-electron chi connectivity index (χ3n) is 3.12. The zero-order chi connectivity index (χ0) is 13.3. The van der Waals surface area contributed by atoms with Crippen LogP contribution in [-0.2, 0) is 9.59 Å². The Balaban J connectivity index is 2.27. The van der Waals surface area contributed by atoms with Crippen molar-refractivity contribution in [2.24, 2.45) is 5.92 Å². The summed E-state index contributed by atoms with van der Waals surface area (Å²) in [6, 6.07) is 5.41. The van der Waals surface area contributed by atoms with Gasteiger partial charge in [0.1, 0.15) is 6.04 Å². The van der Waals surface area contributed by atoms with Crippen molar-refractivity contribution < 1.29 is 19.8 Å². The fourth-order valence-electron chi connectivity index (χ4n) is 2.21. The molecule has 0 aliphatic carbocycles. The zero-order valence-corrected chi connectivity index (χ0v) is 10.1. The molecule has 5 nitrogen and oxygen atoms in total. The van der Waals surface area contributed by atoms with E-state index in [1.807, 2.05) is 0 Å². The first-order valence-electron chi connectivity index (χ1n) is 5.46. The molecule has 96 valence electrons. The number of carboxylic acid groups (broad SMARTS) is 2. The maximum Gasteiger partial charge on any atom is 0.320 e. The Bertz CT molecular complexity index is 473. The first-order valence-corrected chi connectivity index (χ1v) is 5.84. The Morgan fingerprint density at radius 1 is 1.17 bits per heavy atom. The standard InChI is InChI=1S/C12H12ClNO4/c13-7-3-1-6(2-4-7)10-8(11(15)16)5-9(14-10)12(17)18/h1-4,8-10,14H,5H2,(H,15,16)(H,17,18)/t8-,9+,10-/m0/s1. The molecule has 18 heavy (non-hydrogen) atoms. The molecule has 0 spiro atoms. The molecule has 2 rings (SSSR count). The van der Waals surface area contributed by atoms with Gasteiger partial charge in [0.25, 0.3) is 0 Å². The summed E-state index contributed by atoms with van der Waals surface area (Å²) in [5.74, 6) is -2.77. The van der Waals surface area contributed by atoms with Crippen LogP contribution in [0.1, 0.15) is 18.0 Å². The van der Waals surface area contributed by atoms with Crippen molar-refractivity contribution in [3.05, 3.63) is 34.9 Å². The van der Waals surface area contributed by atoms with E-state index in [0.717, 1.165) is 5.56 Å². The lowest BCUT2D eigenvalue weighted by Crippen LogP contribution is -2.32. The molecule has 0 bridgehead atoms. The molecule has 1 aromatic carbocycles. The van der Waals surface area contributed by atoms with Gasteiger partial charge in [-0.1, -0.05) is 23.7 Å². The average Bonchev–Trinajstić information content (AvgIpc) is 2.75. The number of benzene rings is 1. The maximum absolute atomic E-state index is 11.2. The van der Waals surface area contributed by atoms with Gasteiger partial charge in [-0.25, -0.2) is 0 Å². The van der Waals surface area contributed by atoms with Crippen molar-refractivity contribution in [1.82, 2.24) is 5.32 Å². The minimum Gasteiger partial charge on any atom is -0.481 e. The van der Waals surface area contributed by atoms with E-state index in [2.05, 4.69) is 5.32 Å². The second-order valence-electron chi connectivity index (χ2n) is 4.27. The Kier molecular flexibility index (Phi) is 3.54. The molecule has 1 aliphatic rings. The highest BCUT2D eigenvalue weighted by Gasteiger charge is 2.41. The van der Waals surface area contributed by atoms with Crippen LogP contribution in [0.2, 0.25) is 5.02 Å². The van der Waals surface area contributed by atoms with Gasteiger partial charge in [-0.05, 0) is 24.1 Å². The zero-order valence-electron chi connectivity index (χ0n) is 9.34. The minimum absolute atomic E-state index is 0.0813. The van der Waals surface area contributed by atoms with Crippen LogP contribution in [0.5, 0.6) is 0 Å². The highest BCUT2D eigenvalue weighted by molar-refractivity contribution is 6.30. The van der Waals surface area contributed by atoms with Gasteiger partial charge < -0.3 is 10.2 Å². The van der Waals surface area contributed by atoms with Crippen LogP contribution < -0.4 is 5.32 Å². The van der Waals surface area contributed by atoms with Crippen LogP contribution in [-0.4, -0.2) is 28.2 Å². The van der Waals surface area contributed by atoms with E-state index in [1.54, 1.807) is 24.3 Å². The number of nitrogens with one attached hydrogen (secondary N) is 1. The molecule has 1 heterocycles. The topological polar surface area (TPSA) is 86.6 Å². The lowest BCUT2D eigenvalue weighted by atomic mass is 9.93. The highest BCUT2D eigenvalue weighted by Crippen LogP contribution is 2.33. The summed E-state index contributed by atoms with van der Waals surface area (Å²) in [4.78, 5) is 22.1. The monoisotopic (exact) mass is 269 g/mol. The Morgan fingerprint density at radius 3 is 2.28 bits per heavy atom. The quantitative estimate of drug-likeness (QED) is 0.775. The summed E-state index contributed by atoms with van der Waals surface area (Å²) in [6.07, 6.45) is 0.0813. The van der Waals surface area contributed by atoms with Gasteiger partial charge in [0.2, 0.25) is 0 Å². The lowest BCUT2D eigenvalue weighted by molar-refractivity contribution is -0.142. The van der Waals surface area contributed by atoms with Gasteiger partial charge >= 0.3 is 11.9 Å². The molecule has 0 aromatic heterocycles. The summed E-state index contributed by atoms with van der Waals surface area (Å²) in [5, 5.41) is 21.5. The van der Waals surface area contributed by atoms with Crippen molar-refractivity contribution in [2.75, 3.05) is 0 Å². The van der Waals surface area contributed by atoms with E-state index in [0.29, 0.717) is 5.02 Å². The SMILES string of the molecule is O=C(O)[C@H]1C[C@H](C(=O)O)N[C@H]1c1ccc(Cl)cc1. The number of hydrogen-bond donors (Lipinski definition) is 3. The first kappa shape index (κ1) is 12.9. The molecular formula is C12H12ClNO4. The van der Waals surface area contributed by atoms with Crippen LogP contribution in [0, 0.1) is 5.92 Å². The lowest BCUT2D eigenvalue weighted by Gasteiger charge is -2.16. The van der Waals surface area contributed by atoms with E-state index >= 15 is 0 Å². The van der Waals surface area contributed by atoms with E-state index < -0.39 is 29.9 Å². The molecule has 0 unspecified atom stereocenters. The molecular weight excluding hydrogens is 258 g/mol. The fourth-order valence-corrected chi connectivity index (χ4v) is 2.33. The largest absolute Gasteiger partial charge is 0.481 e. The van der Waals surface area contributed by atoms with Crippen molar-refractivity contribution >= 4 is 23.5 Å². The number of aliphatic carboxylic acids is 2. The summed E-state index contributed by atoms with van der Waals surface area (Å²) >= 11 is 5.77. The third kappa shape index (κ3) is 2.47. The second-order valence-corrected chi connectivity index (χ2v) is 4.70. The highest BCUT2D eigenvalue weighted by atomic mass is 35.5. The van der Waals surface area contributed by atoms with Gasteiger partial charge in [-0.3, -0.25) is 14.9 Å². The molecule has 6 heteroatoms. The predicted molar refractivity (Wildman–Crippen MR) is 64.5 cm³/mol. The van der Waals surface area contributed by atoms with Gasteiger partial charge in [-0.15, -0.1) is 0 Å². The first-order chi connectivity index (χ1) is 8.49. The van der Waals surface area contributed by atoms with Crippen molar-refractivity contribution in [1.29, 1.82) is 0 Å². The van der Waals surface area contributed by atoms with E-state index in [1.165, 1.54) is 0 Å². The number of carbonyl (C=O) groups is 2. The van der Waals surface area contributed by atoms with Crippen LogP contribution in [0.3, 0.4) is 0 Å². The van der Waals surface area contributed by atoms with Crippen molar-refractivity contribution in [3.8, 4) is 0 Å². The molecule has 0 amide bonds. The van der Waals surface area contributed by atoms with E-state index in [4.69, 9.17) is 21.8 Å². The third-order valence-corrected chi connectivity index (χ3v) is 3.37. The Hall–Kier alpha value is -1.59. The molecule has 3 atom stereocenters. The summed E-state index contributed by atoms with van der Waals surface area (Å²) in [5.41, 5.74) is 0.732.